The molecule has 2 aliphatic rings. The zero-order valence-corrected chi connectivity index (χ0v) is 18.1. The van der Waals surface area contributed by atoms with Gasteiger partial charge in [0.25, 0.3) is 0 Å². The molecule has 5 rings (SSSR count). The van der Waals surface area contributed by atoms with Gasteiger partial charge < -0.3 is 24.5 Å². The average molecular weight is 450 g/mol. The molecule has 2 aliphatic heterocycles. The largest absolute Gasteiger partial charge is 0.478 e. The number of nitrogens with zero attached hydrogens (tertiary/aromatic N) is 2. The lowest BCUT2D eigenvalue weighted by atomic mass is 10.0. The first kappa shape index (κ1) is 20.7. The van der Waals surface area contributed by atoms with Gasteiger partial charge in [-0.05, 0) is 55.4 Å². The summed E-state index contributed by atoms with van der Waals surface area (Å²) in [4.78, 5) is 18.3. The Morgan fingerprint density at radius 2 is 2.03 bits per heavy atom. The normalized spacial score (nSPS) is 22.8. The summed E-state index contributed by atoms with van der Waals surface area (Å²) in [6.45, 7) is 1.42. The van der Waals surface area contributed by atoms with Crippen LogP contribution in [0.15, 0.2) is 65.2 Å². The highest BCUT2D eigenvalue weighted by Crippen LogP contribution is 2.41. The SMILES string of the molecule is O=C(O)c1ccccc1-c1ccc([C@H]2[C@@H](c3ccccn3)NC(=S)N2C[C@@H]2CCCO2)o1. The molecule has 0 bridgehead atoms. The Hall–Kier alpha value is -3.23. The third-order valence-corrected chi connectivity index (χ3v) is 6.32. The van der Waals surface area contributed by atoms with Crippen molar-refractivity contribution in [2.45, 2.75) is 31.0 Å². The Morgan fingerprint density at radius 1 is 1.19 bits per heavy atom. The number of carbonyl (C=O) groups is 1. The van der Waals surface area contributed by atoms with E-state index in [1.165, 1.54) is 0 Å². The summed E-state index contributed by atoms with van der Waals surface area (Å²) in [5, 5.41) is 13.6. The number of ether oxygens (including phenoxy) is 1. The van der Waals surface area contributed by atoms with Crippen molar-refractivity contribution in [3.63, 3.8) is 0 Å². The fourth-order valence-corrected chi connectivity index (χ4v) is 4.77. The van der Waals surface area contributed by atoms with Crippen LogP contribution in [0.5, 0.6) is 0 Å². The number of benzene rings is 1. The van der Waals surface area contributed by atoms with E-state index in [9.17, 15) is 9.90 Å². The third-order valence-electron chi connectivity index (χ3n) is 5.96. The molecule has 1 aromatic carbocycles. The molecule has 8 heteroatoms. The van der Waals surface area contributed by atoms with E-state index < -0.39 is 5.97 Å². The van der Waals surface area contributed by atoms with Crippen molar-refractivity contribution in [1.29, 1.82) is 0 Å². The quantitative estimate of drug-likeness (QED) is 0.542. The molecule has 0 saturated carbocycles. The molecule has 2 saturated heterocycles. The van der Waals surface area contributed by atoms with Crippen molar-refractivity contribution in [1.82, 2.24) is 15.2 Å². The lowest BCUT2D eigenvalue weighted by molar-refractivity contribution is 0.0697. The Kier molecular flexibility index (Phi) is 5.63. The van der Waals surface area contributed by atoms with Crippen LogP contribution >= 0.6 is 12.2 Å². The average Bonchev–Trinajstić information content (AvgIpc) is 3.56. The van der Waals surface area contributed by atoms with Crippen LogP contribution in [0.25, 0.3) is 11.3 Å². The lowest BCUT2D eigenvalue weighted by Gasteiger charge is -2.28. The van der Waals surface area contributed by atoms with E-state index in [1.807, 2.05) is 30.3 Å². The first-order chi connectivity index (χ1) is 15.6. The van der Waals surface area contributed by atoms with Crippen LogP contribution in [0.1, 0.15) is 46.7 Å². The van der Waals surface area contributed by atoms with Crippen LogP contribution in [-0.2, 0) is 4.74 Å². The second-order valence-corrected chi connectivity index (χ2v) is 8.35. The topological polar surface area (TPSA) is 87.8 Å². The number of carboxylic acid groups (broad SMARTS) is 1. The molecular formula is C24H23N3O4S. The smallest absolute Gasteiger partial charge is 0.336 e. The molecule has 164 valence electrons. The zero-order valence-electron chi connectivity index (χ0n) is 17.3. The minimum Gasteiger partial charge on any atom is -0.478 e. The Bertz CT molecular complexity index is 1130. The minimum atomic E-state index is -0.992. The Balaban J connectivity index is 1.53. The number of furan rings is 1. The fraction of sp³-hybridized carbons (Fsp3) is 0.292. The van der Waals surface area contributed by atoms with Crippen molar-refractivity contribution < 1.29 is 19.1 Å². The Labute approximate surface area is 191 Å². The minimum absolute atomic E-state index is 0.113. The predicted molar refractivity (Wildman–Crippen MR) is 122 cm³/mol. The number of rotatable bonds is 6. The van der Waals surface area contributed by atoms with E-state index in [0.717, 1.165) is 25.1 Å². The monoisotopic (exact) mass is 449 g/mol. The van der Waals surface area contributed by atoms with Gasteiger partial charge in [0.2, 0.25) is 0 Å². The van der Waals surface area contributed by atoms with Gasteiger partial charge >= 0.3 is 5.97 Å². The van der Waals surface area contributed by atoms with Gasteiger partial charge in [-0.15, -0.1) is 0 Å². The van der Waals surface area contributed by atoms with Crippen molar-refractivity contribution in [3.8, 4) is 11.3 Å². The van der Waals surface area contributed by atoms with E-state index in [2.05, 4.69) is 15.2 Å². The van der Waals surface area contributed by atoms with Gasteiger partial charge in [-0.1, -0.05) is 24.3 Å². The standard InChI is InChI=1S/C24H23N3O4S/c28-23(29)17-8-2-1-7-16(17)19-10-11-20(31-19)22-21(18-9-3-4-12-25-18)26-24(32)27(22)14-15-6-5-13-30-15/h1-4,7-12,15,21-22H,5-6,13-14H2,(H,26,32)(H,28,29)/t15-,21+,22-/m0/s1. The number of hydrogen-bond donors (Lipinski definition) is 2. The molecule has 2 N–H and O–H groups in total. The summed E-state index contributed by atoms with van der Waals surface area (Å²) in [6.07, 6.45) is 3.91. The molecule has 2 aromatic heterocycles. The molecule has 4 heterocycles. The summed E-state index contributed by atoms with van der Waals surface area (Å²) in [7, 11) is 0. The third kappa shape index (κ3) is 3.87. The molecule has 2 fully saturated rings. The second-order valence-electron chi connectivity index (χ2n) is 7.97. The second kappa shape index (κ2) is 8.72. The van der Waals surface area contributed by atoms with Crippen molar-refractivity contribution in [2.75, 3.05) is 13.2 Å². The first-order valence-corrected chi connectivity index (χ1v) is 11.0. The van der Waals surface area contributed by atoms with Crippen LogP contribution in [-0.4, -0.2) is 45.3 Å². The highest BCUT2D eigenvalue weighted by atomic mass is 32.1. The molecule has 0 aliphatic carbocycles. The maximum Gasteiger partial charge on any atom is 0.336 e. The molecule has 0 radical (unpaired) electrons. The zero-order chi connectivity index (χ0) is 22.1. The lowest BCUT2D eigenvalue weighted by Crippen LogP contribution is -2.36. The van der Waals surface area contributed by atoms with Gasteiger partial charge in [0.1, 0.15) is 17.6 Å². The van der Waals surface area contributed by atoms with Crippen molar-refractivity contribution >= 4 is 23.3 Å². The van der Waals surface area contributed by atoms with E-state index in [0.29, 0.717) is 28.7 Å². The summed E-state index contributed by atoms with van der Waals surface area (Å²) < 4.78 is 12.1. The van der Waals surface area contributed by atoms with Crippen molar-refractivity contribution in [2.24, 2.45) is 0 Å². The van der Waals surface area contributed by atoms with Crippen LogP contribution in [0.4, 0.5) is 0 Å². The number of nitrogens with one attached hydrogen (secondary N) is 1. The molecular weight excluding hydrogens is 426 g/mol. The van der Waals surface area contributed by atoms with E-state index in [1.54, 1.807) is 30.5 Å². The maximum absolute atomic E-state index is 11.7. The fourth-order valence-electron chi connectivity index (χ4n) is 4.46. The predicted octanol–water partition coefficient (Wildman–Crippen LogP) is 4.19. The van der Waals surface area contributed by atoms with Gasteiger partial charge in [-0.2, -0.15) is 0 Å². The van der Waals surface area contributed by atoms with Crippen LogP contribution in [0.2, 0.25) is 0 Å². The molecule has 3 atom stereocenters. The molecule has 32 heavy (non-hydrogen) atoms. The van der Waals surface area contributed by atoms with Gasteiger partial charge in [0, 0.05) is 24.9 Å². The first-order valence-electron chi connectivity index (χ1n) is 10.6. The van der Waals surface area contributed by atoms with E-state index >= 15 is 0 Å². The van der Waals surface area contributed by atoms with Crippen LogP contribution < -0.4 is 5.32 Å². The van der Waals surface area contributed by atoms with Crippen LogP contribution in [0, 0.1) is 0 Å². The highest BCUT2D eigenvalue weighted by molar-refractivity contribution is 7.80. The van der Waals surface area contributed by atoms with Gasteiger partial charge in [0.05, 0.1) is 23.4 Å². The molecule has 3 aromatic rings. The maximum atomic E-state index is 11.7. The summed E-state index contributed by atoms with van der Waals surface area (Å²) in [5.74, 6) is 0.211. The van der Waals surface area contributed by atoms with Gasteiger partial charge in [0.15, 0.2) is 5.11 Å². The summed E-state index contributed by atoms with van der Waals surface area (Å²) in [6, 6.07) is 15.9. The number of hydrogen-bond acceptors (Lipinski definition) is 5. The van der Waals surface area contributed by atoms with Gasteiger partial charge in [-0.25, -0.2) is 4.79 Å². The highest BCUT2D eigenvalue weighted by Gasteiger charge is 2.43. The van der Waals surface area contributed by atoms with Gasteiger partial charge in [-0.3, -0.25) is 4.98 Å². The van der Waals surface area contributed by atoms with Crippen LogP contribution in [0.3, 0.4) is 0 Å². The summed E-state index contributed by atoms with van der Waals surface area (Å²) >= 11 is 5.70. The molecule has 7 nitrogen and oxygen atoms in total. The Morgan fingerprint density at radius 3 is 2.78 bits per heavy atom. The number of aromatic carboxylic acids is 1. The molecule has 0 unspecified atom stereocenters. The number of carboxylic acids is 1. The summed E-state index contributed by atoms with van der Waals surface area (Å²) in [5.41, 5.74) is 1.60. The number of aromatic nitrogens is 1. The van der Waals surface area contributed by atoms with Crippen molar-refractivity contribution in [3.05, 3.63) is 77.8 Å². The number of pyridine rings is 1. The molecule has 0 spiro atoms. The molecule has 0 amide bonds. The number of thiocarbonyl (C=S) groups is 1. The van der Waals surface area contributed by atoms with E-state index in [4.69, 9.17) is 21.4 Å². The van der Waals surface area contributed by atoms with E-state index in [-0.39, 0.29) is 23.8 Å².